The van der Waals surface area contributed by atoms with Crippen LogP contribution in [0.2, 0.25) is 5.15 Å². The van der Waals surface area contributed by atoms with E-state index in [1.165, 1.54) is 11.3 Å². The van der Waals surface area contributed by atoms with Gasteiger partial charge in [0.05, 0.1) is 0 Å². The van der Waals surface area contributed by atoms with Gasteiger partial charge in [0.15, 0.2) is 0 Å². The lowest BCUT2D eigenvalue weighted by Gasteiger charge is -1.92. The Labute approximate surface area is 96.4 Å². The molecule has 0 saturated heterocycles. The summed E-state index contributed by atoms with van der Waals surface area (Å²) in [5, 5.41) is 10.2. The van der Waals surface area contributed by atoms with E-state index in [1.54, 1.807) is 12.4 Å². The molecule has 0 fully saturated rings. The molecule has 5 heteroatoms. The fraction of sp³-hybridized carbons (Fsp3) is 0.200. The van der Waals surface area contributed by atoms with E-state index in [9.17, 15) is 0 Å². The quantitative estimate of drug-likeness (QED) is 0.896. The predicted molar refractivity (Wildman–Crippen MR) is 61.1 cm³/mol. The highest BCUT2D eigenvalue weighted by atomic mass is 35.5. The third-order valence-electron chi connectivity index (χ3n) is 1.90. The molecule has 2 aromatic rings. The smallest absolute Gasteiger partial charge is 0.143 e. The molecule has 15 heavy (non-hydrogen) atoms. The second-order valence-corrected chi connectivity index (χ2v) is 4.39. The van der Waals surface area contributed by atoms with E-state index in [4.69, 9.17) is 16.7 Å². The average Bonchev–Trinajstić information content (AvgIpc) is 2.63. The Morgan fingerprint density at radius 1 is 1.47 bits per heavy atom. The highest BCUT2D eigenvalue weighted by Crippen LogP contribution is 2.30. The molecule has 0 radical (unpaired) electrons. The summed E-state index contributed by atoms with van der Waals surface area (Å²) < 4.78 is 0. The van der Waals surface area contributed by atoms with Crippen LogP contribution in [0.3, 0.4) is 0 Å². The number of pyridine rings is 1. The molecule has 2 heterocycles. The van der Waals surface area contributed by atoms with Crippen molar-refractivity contribution in [1.82, 2.24) is 9.97 Å². The molecular formula is C10H9ClN2OS. The molecule has 3 nitrogen and oxygen atoms in total. The largest absolute Gasteiger partial charge is 0.396 e. The van der Waals surface area contributed by atoms with Gasteiger partial charge in [0.1, 0.15) is 10.2 Å². The van der Waals surface area contributed by atoms with Crippen LogP contribution < -0.4 is 0 Å². The van der Waals surface area contributed by atoms with Gasteiger partial charge in [0, 0.05) is 35.9 Å². The number of hydrogen-bond acceptors (Lipinski definition) is 4. The van der Waals surface area contributed by atoms with E-state index in [-0.39, 0.29) is 6.61 Å². The van der Waals surface area contributed by atoms with Crippen molar-refractivity contribution in [3.63, 3.8) is 0 Å². The zero-order valence-corrected chi connectivity index (χ0v) is 9.42. The van der Waals surface area contributed by atoms with Crippen molar-refractivity contribution in [2.45, 2.75) is 6.42 Å². The Morgan fingerprint density at radius 2 is 2.33 bits per heavy atom. The topological polar surface area (TPSA) is 46.0 Å². The summed E-state index contributed by atoms with van der Waals surface area (Å²) in [6.07, 6.45) is 4.02. The van der Waals surface area contributed by atoms with Gasteiger partial charge in [-0.2, -0.15) is 0 Å². The van der Waals surface area contributed by atoms with Crippen LogP contribution in [0.25, 0.3) is 10.6 Å². The molecule has 2 aromatic heterocycles. The number of nitrogens with zero attached hydrogens (tertiary/aromatic N) is 2. The van der Waals surface area contributed by atoms with Gasteiger partial charge in [-0.05, 0) is 12.1 Å². The Balaban J connectivity index is 2.34. The summed E-state index contributed by atoms with van der Waals surface area (Å²) in [5.74, 6) is 0. The van der Waals surface area contributed by atoms with Crippen LogP contribution in [-0.4, -0.2) is 21.7 Å². The van der Waals surface area contributed by atoms with Crippen LogP contribution >= 0.6 is 22.9 Å². The van der Waals surface area contributed by atoms with Gasteiger partial charge < -0.3 is 5.11 Å². The maximum atomic E-state index is 8.83. The molecule has 1 N–H and O–H groups in total. The van der Waals surface area contributed by atoms with Crippen LogP contribution in [0.4, 0.5) is 0 Å². The molecule has 0 amide bonds. The standard InChI is InChI=1S/C10H9ClN2OS/c11-9-8(3-5-14)15-10(13-9)7-2-1-4-12-6-7/h1-2,4,6,14H,3,5H2. The van der Waals surface area contributed by atoms with E-state index < -0.39 is 0 Å². The van der Waals surface area contributed by atoms with E-state index in [0.29, 0.717) is 11.6 Å². The highest BCUT2D eigenvalue weighted by molar-refractivity contribution is 7.15. The number of aliphatic hydroxyl groups excluding tert-OH is 1. The molecule has 0 saturated carbocycles. The lowest BCUT2D eigenvalue weighted by Crippen LogP contribution is -1.86. The second kappa shape index (κ2) is 4.70. The van der Waals surface area contributed by atoms with Gasteiger partial charge >= 0.3 is 0 Å². The van der Waals surface area contributed by atoms with E-state index >= 15 is 0 Å². The van der Waals surface area contributed by atoms with Crippen molar-refractivity contribution in [2.24, 2.45) is 0 Å². The molecule has 0 aliphatic carbocycles. The number of hydrogen-bond donors (Lipinski definition) is 1. The Morgan fingerprint density at radius 3 is 3.00 bits per heavy atom. The maximum absolute atomic E-state index is 8.83. The average molecular weight is 241 g/mol. The summed E-state index contributed by atoms with van der Waals surface area (Å²) in [4.78, 5) is 9.17. The first-order valence-electron chi connectivity index (χ1n) is 4.47. The minimum atomic E-state index is 0.0917. The predicted octanol–water partition coefficient (Wildman–Crippen LogP) is 2.39. The number of aromatic nitrogens is 2. The molecule has 78 valence electrons. The number of rotatable bonds is 3. The third kappa shape index (κ3) is 2.34. The minimum Gasteiger partial charge on any atom is -0.396 e. The first kappa shape index (κ1) is 10.5. The first-order chi connectivity index (χ1) is 7.31. The monoisotopic (exact) mass is 240 g/mol. The van der Waals surface area contributed by atoms with Crippen LogP contribution in [0.5, 0.6) is 0 Å². The summed E-state index contributed by atoms with van der Waals surface area (Å²) in [6.45, 7) is 0.0917. The van der Waals surface area contributed by atoms with Crippen molar-refractivity contribution in [1.29, 1.82) is 0 Å². The van der Waals surface area contributed by atoms with Gasteiger partial charge in [0.2, 0.25) is 0 Å². The molecular weight excluding hydrogens is 232 g/mol. The highest BCUT2D eigenvalue weighted by Gasteiger charge is 2.09. The molecule has 0 bridgehead atoms. The molecule has 0 unspecified atom stereocenters. The lowest BCUT2D eigenvalue weighted by molar-refractivity contribution is 0.300. The Kier molecular flexibility index (Phi) is 3.30. The van der Waals surface area contributed by atoms with E-state index in [1.807, 2.05) is 12.1 Å². The van der Waals surface area contributed by atoms with Gasteiger partial charge in [-0.15, -0.1) is 11.3 Å². The third-order valence-corrected chi connectivity index (χ3v) is 3.49. The van der Waals surface area contributed by atoms with E-state index in [2.05, 4.69) is 9.97 Å². The van der Waals surface area contributed by atoms with Gasteiger partial charge in [-0.3, -0.25) is 4.98 Å². The zero-order chi connectivity index (χ0) is 10.7. The normalized spacial score (nSPS) is 10.5. The van der Waals surface area contributed by atoms with Gasteiger partial charge in [-0.25, -0.2) is 4.98 Å². The summed E-state index contributed by atoms with van der Waals surface area (Å²) in [7, 11) is 0. The minimum absolute atomic E-state index is 0.0917. The van der Waals surface area contributed by atoms with Crippen molar-refractivity contribution in [3.8, 4) is 10.6 Å². The number of halogens is 1. The number of thiazole rings is 1. The van der Waals surface area contributed by atoms with Crippen molar-refractivity contribution in [3.05, 3.63) is 34.6 Å². The first-order valence-corrected chi connectivity index (χ1v) is 5.67. The lowest BCUT2D eigenvalue weighted by atomic mass is 10.3. The zero-order valence-electron chi connectivity index (χ0n) is 7.85. The van der Waals surface area contributed by atoms with Gasteiger partial charge in [0.25, 0.3) is 0 Å². The molecule has 2 rings (SSSR count). The maximum Gasteiger partial charge on any atom is 0.143 e. The Hall–Kier alpha value is -0.970. The summed E-state index contributed by atoms with van der Waals surface area (Å²) in [6, 6.07) is 3.79. The SMILES string of the molecule is OCCc1sc(-c2cccnc2)nc1Cl. The molecule has 0 aromatic carbocycles. The van der Waals surface area contributed by atoms with E-state index in [0.717, 1.165) is 15.4 Å². The number of aliphatic hydroxyl groups is 1. The van der Waals surface area contributed by atoms with Crippen molar-refractivity contribution < 1.29 is 5.11 Å². The summed E-state index contributed by atoms with van der Waals surface area (Å²) >= 11 is 7.44. The molecule has 0 atom stereocenters. The van der Waals surface area contributed by atoms with Crippen LogP contribution in [0, 0.1) is 0 Å². The molecule has 0 aliphatic rings. The van der Waals surface area contributed by atoms with Gasteiger partial charge in [-0.1, -0.05) is 11.6 Å². The van der Waals surface area contributed by atoms with Crippen molar-refractivity contribution in [2.75, 3.05) is 6.61 Å². The Bertz CT molecular complexity index is 444. The second-order valence-electron chi connectivity index (χ2n) is 2.95. The fourth-order valence-electron chi connectivity index (χ4n) is 1.20. The fourth-order valence-corrected chi connectivity index (χ4v) is 2.48. The molecule has 0 aliphatic heterocycles. The molecule has 0 spiro atoms. The summed E-state index contributed by atoms with van der Waals surface area (Å²) in [5.41, 5.74) is 0.952. The van der Waals surface area contributed by atoms with Crippen LogP contribution in [0.1, 0.15) is 4.88 Å². The van der Waals surface area contributed by atoms with Crippen LogP contribution in [-0.2, 0) is 6.42 Å². The van der Waals surface area contributed by atoms with Crippen molar-refractivity contribution >= 4 is 22.9 Å². The van der Waals surface area contributed by atoms with Crippen LogP contribution in [0.15, 0.2) is 24.5 Å².